The zero-order valence-corrected chi connectivity index (χ0v) is 11.7. The average molecular weight is 226 g/mol. The van der Waals surface area contributed by atoms with Gasteiger partial charge in [-0.25, -0.2) is 0 Å². The largest absolute Gasteiger partial charge is 0.310 e. The summed E-state index contributed by atoms with van der Waals surface area (Å²) in [6, 6.07) is 0.728. The lowest BCUT2D eigenvalue weighted by atomic mass is 9.98. The first-order valence-electron chi connectivity index (χ1n) is 7.10. The van der Waals surface area contributed by atoms with E-state index in [0.29, 0.717) is 5.54 Å². The average Bonchev–Trinajstić information content (AvgIpc) is 2.70. The lowest BCUT2D eigenvalue weighted by Gasteiger charge is -2.36. The molecule has 1 heterocycles. The Balaban J connectivity index is 2.47. The monoisotopic (exact) mass is 226 g/mol. The molecule has 1 saturated heterocycles. The first-order chi connectivity index (χ1) is 7.61. The van der Waals surface area contributed by atoms with Crippen molar-refractivity contribution in [3.8, 4) is 0 Å². The van der Waals surface area contributed by atoms with Gasteiger partial charge in [0, 0.05) is 18.1 Å². The lowest BCUT2D eigenvalue weighted by Crippen LogP contribution is -2.50. The second kappa shape index (κ2) is 6.61. The SMILES string of the molecule is CCCCN(CC1(C)CCCN1)C(C)CC. The summed E-state index contributed by atoms with van der Waals surface area (Å²) in [6.07, 6.45) is 6.59. The van der Waals surface area contributed by atoms with Crippen LogP contribution in [0.25, 0.3) is 0 Å². The fourth-order valence-electron chi connectivity index (χ4n) is 2.61. The van der Waals surface area contributed by atoms with Gasteiger partial charge >= 0.3 is 0 Å². The van der Waals surface area contributed by atoms with E-state index in [9.17, 15) is 0 Å². The number of unbranched alkanes of at least 4 members (excludes halogenated alkanes) is 1. The van der Waals surface area contributed by atoms with Crippen molar-refractivity contribution in [1.82, 2.24) is 10.2 Å². The zero-order valence-electron chi connectivity index (χ0n) is 11.7. The van der Waals surface area contributed by atoms with E-state index in [2.05, 4.69) is 37.9 Å². The molecule has 1 N–H and O–H groups in total. The third-order valence-corrected chi connectivity index (χ3v) is 4.02. The summed E-state index contributed by atoms with van der Waals surface area (Å²) in [4.78, 5) is 2.68. The molecule has 0 aromatic carbocycles. The van der Waals surface area contributed by atoms with Crippen LogP contribution in [-0.4, -0.2) is 36.1 Å². The summed E-state index contributed by atoms with van der Waals surface area (Å²) < 4.78 is 0. The van der Waals surface area contributed by atoms with Crippen LogP contribution < -0.4 is 5.32 Å². The molecule has 1 aliphatic heterocycles. The summed E-state index contributed by atoms with van der Waals surface area (Å²) in [7, 11) is 0. The van der Waals surface area contributed by atoms with Gasteiger partial charge in [0.05, 0.1) is 0 Å². The molecule has 2 unspecified atom stereocenters. The quantitative estimate of drug-likeness (QED) is 0.718. The van der Waals surface area contributed by atoms with Crippen LogP contribution in [0.15, 0.2) is 0 Å². The Kier molecular flexibility index (Phi) is 5.77. The smallest absolute Gasteiger partial charge is 0.0281 e. The maximum Gasteiger partial charge on any atom is 0.0281 e. The zero-order chi connectivity index (χ0) is 12.0. The Labute approximate surface area is 102 Å². The van der Waals surface area contributed by atoms with E-state index in [4.69, 9.17) is 0 Å². The van der Waals surface area contributed by atoms with E-state index in [0.717, 1.165) is 6.04 Å². The molecule has 1 aliphatic rings. The van der Waals surface area contributed by atoms with Gasteiger partial charge in [-0.05, 0) is 52.6 Å². The highest BCUT2D eigenvalue weighted by Gasteiger charge is 2.31. The van der Waals surface area contributed by atoms with Gasteiger partial charge < -0.3 is 5.32 Å². The molecule has 0 saturated carbocycles. The van der Waals surface area contributed by atoms with Crippen molar-refractivity contribution in [1.29, 1.82) is 0 Å². The molecular weight excluding hydrogens is 196 g/mol. The molecule has 0 bridgehead atoms. The minimum Gasteiger partial charge on any atom is -0.310 e. The van der Waals surface area contributed by atoms with Crippen molar-refractivity contribution in [3.05, 3.63) is 0 Å². The van der Waals surface area contributed by atoms with Crippen molar-refractivity contribution in [3.63, 3.8) is 0 Å². The second-order valence-electron chi connectivity index (χ2n) is 5.67. The van der Waals surface area contributed by atoms with Crippen LogP contribution >= 0.6 is 0 Å². The normalized spacial score (nSPS) is 27.6. The topological polar surface area (TPSA) is 15.3 Å². The summed E-state index contributed by atoms with van der Waals surface area (Å²) in [5.41, 5.74) is 0.372. The Morgan fingerprint density at radius 1 is 1.38 bits per heavy atom. The Hall–Kier alpha value is -0.0800. The molecule has 0 amide bonds. The molecular formula is C14H30N2. The highest BCUT2D eigenvalue weighted by molar-refractivity contribution is 4.92. The minimum absolute atomic E-state index is 0.372. The van der Waals surface area contributed by atoms with Gasteiger partial charge in [0.15, 0.2) is 0 Å². The van der Waals surface area contributed by atoms with E-state index in [-0.39, 0.29) is 0 Å². The Morgan fingerprint density at radius 3 is 2.62 bits per heavy atom. The van der Waals surface area contributed by atoms with E-state index in [1.807, 2.05) is 0 Å². The lowest BCUT2D eigenvalue weighted by molar-refractivity contribution is 0.151. The predicted octanol–water partition coefficient (Wildman–Crippen LogP) is 3.03. The number of rotatable bonds is 7. The molecule has 0 aliphatic carbocycles. The van der Waals surface area contributed by atoms with Gasteiger partial charge in [0.2, 0.25) is 0 Å². The fraction of sp³-hybridized carbons (Fsp3) is 1.00. The molecule has 96 valence electrons. The predicted molar refractivity (Wildman–Crippen MR) is 71.9 cm³/mol. The van der Waals surface area contributed by atoms with Crippen LogP contribution in [0.3, 0.4) is 0 Å². The first-order valence-corrected chi connectivity index (χ1v) is 7.10. The first kappa shape index (κ1) is 14.0. The van der Waals surface area contributed by atoms with Crippen molar-refractivity contribution >= 4 is 0 Å². The molecule has 1 rings (SSSR count). The van der Waals surface area contributed by atoms with Gasteiger partial charge in [0.1, 0.15) is 0 Å². The molecule has 2 atom stereocenters. The Bertz CT molecular complexity index is 185. The van der Waals surface area contributed by atoms with Gasteiger partial charge in [-0.1, -0.05) is 20.3 Å². The van der Waals surface area contributed by atoms with Crippen LogP contribution in [0, 0.1) is 0 Å². The van der Waals surface area contributed by atoms with Crippen LogP contribution in [0.4, 0.5) is 0 Å². The number of nitrogens with zero attached hydrogens (tertiary/aromatic N) is 1. The third kappa shape index (κ3) is 4.06. The molecule has 0 radical (unpaired) electrons. The van der Waals surface area contributed by atoms with Crippen LogP contribution in [-0.2, 0) is 0 Å². The van der Waals surface area contributed by atoms with Crippen LogP contribution in [0.5, 0.6) is 0 Å². The summed E-state index contributed by atoms with van der Waals surface area (Å²) in [5, 5.41) is 3.68. The highest BCUT2D eigenvalue weighted by Crippen LogP contribution is 2.21. The molecule has 0 aromatic rings. The summed E-state index contributed by atoms with van der Waals surface area (Å²) in [5.74, 6) is 0. The van der Waals surface area contributed by atoms with Gasteiger partial charge in [-0.3, -0.25) is 4.90 Å². The van der Waals surface area contributed by atoms with E-state index < -0.39 is 0 Å². The van der Waals surface area contributed by atoms with E-state index in [1.54, 1.807) is 0 Å². The van der Waals surface area contributed by atoms with Crippen molar-refractivity contribution in [2.24, 2.45) is 0 Å². The summed E-state index contributed by atoms with van der Waals surface area (Å²) in [6.45, 7) is 13.0. The van der Waals surface area contributed by atoms with Crippen molar-refractivity contribution < 1.29 is 0 Å². The fourth-order valence-corrected chi connectivity index (χ4v) is 2.61. The maximum atomic E-state index is 3.68. The molecule has 16 heavy (non-hydrogen) atoms. The van der Waals surface area contributed by atoms with Gasteiger partial charge in [0.25, 0.3) is 0 Å². The third-order valence-electron chi connectivity index (χ3n) is 4.02. The maximum absolute atomic E-state index is 3.68. The minimum atomic E-state index is 0.372. The van der Waals surface area contributed by atoms with Gasteiger partial charge in [-0.15, -0.1) is 0 Å². The molecule has 0 aromatic heterocycles. The van der Waals surface area contributed by atoms with Crippen LogP contribution in [0.1, 0.15) is 59.8 Å². The number of hydrogen-bond donors (Lipinski definition) is 1. The molecule has 1 fully saturated rings. The number of nitrogens with one attached hydrogen (secondary N) is 1. The van der Waals surface area contributed by atoms with Crippen molar-refractivity contribution in [2.45, 2.75) is 71.4 Å². The number of hydrogen-bond acceptors (Lipinski definition) is 2. The van der Waals surface area contributed by atoms with Gasteiger partial charge in [-0.2, -0.15) is 0 Å². The van der Waals surface area contributed by atoms with E-state index >= 15 is 0 Å². The molecule has 2 nitrogen and oxygen atoms in total. The summed E-state index contributed by atoms with van der Waals surface area (Å²) >= 11 is 0. The Morgan fingerprint density at radius 2 is 2.12 bits per heavy atom. The molecule has 0 spiro atoms. The van der Waals surface area contributed by atoms with Crippen LogP contribution in [0.2, 0.25) is 0 Å². The highest BCUT2D eigenvalue weighted by atomic mass is 15.2. The van der Waals surface area contributed by atoms with Crippen molar-refractivity contribution in [2.75, 3.05) is 19.6 Å². The molecule has 2 heteroatoms. The second-order valence-corrected chi connectivity index (χ2v) is 5.67. The standard InChI is InChI=1S/C14H30N2/c1-5-7-11-16(13(3)6-2)12-14(4)9-8-10-15-14/h13,15H,5-12H2,1-4H3. The van der Waals surface area contributed by atoms with E-state index in [1.165, 1.54) is 51.7 Å².